The van der Waals surface area contributed by atoms with Gasteiger partial charge in [0.15, 0.2) is 0 Å². The fourth-order valence-corrected chi connectivity index (χ4v) is 3.10. The lowest BCUT2D eigenvalue weighted by Crippen LogP contribution is -2.37. The van der Waals surface area contributed by atoms with E-state index in [9.17, 15) is 23.3 Å². The maximum atomic E-state index is 12.2. The van der Waals surface area contributed by atoms with Crippen LogP contribution < -0.4 is 9.62 Å². The molecule has 0 atom stereocenters. The van der Waals surface area contributed by atoms with Crippen LogP contribution in [0.3, 0.4) is 0 Å². The van der Waals surface area contributed by atoms with Gasteiger partial charge >= 0.3 is 0 Å². The van der Waals surface area contributed by atoms with Gasteiger partial charge in [-0.2, -0.15) is 0 Å². The van der Waals surface area contributed by atoms with Gasteiger partial charge in [-0.1, -0.05) is 23.7 Å². The molecule has 25 heavy (non-hydrogen) atoms. The van der Waals surface area contributed by atoms with Crippen LogP contribution in [-0.2, 0) is 14.8 Å². The number of rotatable bonds is 6. The number of nitro groups is 1. The summed E-state index contributed by atoms with van der Waals surface area (Å²) in [5.74, 6) is -0.612. The lowest BCUT2D eigenvalue weighted by atomic mass is 10.3. The number of amides is 1. The van der Waals surface area contributed by atoms with E-state index < -0.39 is 27.4 Å². The normalized spacial score (nSPS) is 11.0. The first-order chi connectivity index (χ1) is 11.7. The van der Waals surface area contributed by atoms with Crippen molar-refractivity contribution in [3.8, 4) is 0 Å². The van der Waals surface area contributed by atoms with E-state index in [2.05, 4.69) is 5.32 Å². The Labute approximate surface area is 149 Å². The smallest absolute Gasteiger partial charge is 0.271 e. The highest BCUT2D eigenvalue weighted by Crippen LogP contribution is 2.23. The van der Waals surface area contributed by atoms with Gasteiger partial charge < -0.3 is 5.32 Å². The number of hydrogen-bond acceptors (Lipinski definition) is 5. The molecule has 0 aromatic heterocycles. The van der Waals surface area contributed by atoms with E-state index in [-0.39, 0.29) is 11.4 Å². The van der Waals surface area contributed by atoms with Crippen LogP contribution in [0.25, 0.3) is 0 Å². The molecule has 0 aliphatic carbocycles. The summed E-state index contributed by atoms with van der Waals surface area (Å²) >= 11 is 5.83. The van der Waals surface area contributed by atoms with Crippen LogP contribution in [0, 0.1) is 10.1 Å². The third-order valence-electron chi connectivity index (χ3n) is 3.12. The molecule has 1 amide bonds. The zero-order valence-corrected chi connectivity index (χ0v) is 14.6. The Kier molecular flexibility index (Phi) is 5.60. The molecule has 2 aromatic rings. The Balaban J connectivity index is 2.25. The first kappa shape index (κ1) is 18.7. The number of benzene rings is 2. The van der Waals surface area contributed by atoms with Crippen molar-refractivity contribution < 1.29 is 18.1 Å². The number of nitro benzene ring substituents is 1. The molecule has 2 aromatic carbocycles. The minimum atomic E-state index is -3.83. The number of halogens is 1. The lowest BCUT2D eigenvalue weighted by Gasteiger charge is -2.21. The van der Waals surface area contributed by atoms with Gasteiger partial charge in [0.25, 0.3) is 5.69 Å². The van der Waals surface area contributed by atoms with Crippen molar-refractivity contribution in [1.82, 2.24) is 0 Å². The topological polar surface area (TPSA) is 110 Å². The Morgan fingerprint density at radius 1 is 1.24 bits per heavy atom. The molecule has 10 heteroatoms. The number of carbonyl (C=O) groups is 1. The second kappa shape index (κ2) is 7.49. The predicted molar refractivity (Wildman–Crippen MR) is 95.4 cm³/mol. The Morgan fingerprint density at radius 3 is 2.52 bits per heavy atom. The average molecular weight is 384 g/mol. The Bertz CT molecular complexity index is 917. The van der Waals surface area contributed by atoms with E-state index in [1.807, 2.05) is 0 Å². The first-order valence-corrected chi connectivity index (χ1v) is 9.17. The number of hydrogen-bond donors (Lipinski definition) is 1. The van der Waals surface area contributed by atoms with Crippen LogP contribution in [0.5, 0.6) is 0 Å². The molecule has 0 saturated carbocycles. The molecule has 0 bridgehead atoms. The fourth-order valence-electron chi connectivity index (χ4n) is 2.06. The number of anilines is 2. The number of nitrogens with zero attached hydrogens (tertiary/aromatic N) is 2. The molecule has 0 unspecified atom stereocenters. The van der Waals surface area contributed by atoms with Crippen molar-refractivity contribution in [2.75, 3.05) is 22.4 Å². The molecule has 0 aliphatic heterocycles. The summed E-state index contributed by atoms with van der Waals surface area (Å²) in [6.07, 6.45) is 0.915. The van der Waals surface area contributed by atoms with Crippen LogP contribution in [0.15, 0.2) is 48.5 Å². The van der Waals surface area contributed by atoms with E-state index in [0.717, 1.165) is 16.6 Å². The van der Waals surface area contributed by atoms with Crippen LogP contribution in [0.4, 0.5) is 17.1 Å². The van der Waals surface area contributed by atoms with Gasteiger partial charge in [0, 0.05) is 22.8 Å². The third kappa shape index (κ3) is 5.16. The number of non-ortho nitro benzene ring substituents is 1. The van der Waals surface area contributed by atoms with Crippen LogP contribution in [0.1, 0.15) is 0 Å². The molecule has 0 radical (unpaired) electrons. The summed E-state index contributed by atoms with van der Waals surface area (Å²) in [5.41, 5.74) is 0.157. The minimum Gasteiger partial charge on any atom is -0.324 e. The van der Waals surface area contributed by atoms with Crippen LogP contribution in [0.2, 0.25) is 5.02 Å². The van der Waals surface area contributed by atoms with Crippen LogP contribution in [-0.4, -0.2) is 32.0 Å². The summed E-state index contributed by atoms with van der Waals surface area (Å²) in [6.45, 7) is -0.535. The highest BCUT2D eigenvalue weighted by Gasteiger charge is 2.22. The largest absolute Gasteiger partial charge is 0.324 e. The summed E-state index contributed by atoms with van der Waals surface area (Å²) in [4.78, 5) is 22.4. The van der Waals surface area contributed by atoms with Crippen molar-refractivity contribution in [2.45, 2.75) is 0 Å². The van der Waals surface area contributed by atoms with Gasteiger partial charge in [0.05, 0.1) is 16.9 Å². The van der Waals surface area contributed by atoms with Gasteiger partial charge in [-0.05, 0) is 24.3 Å². The highest BCUT2D eigenvalue weighted by molar-refractivity contribution is 7.92. The second-order valence-electron chi connectivity index (χ2n) is 5.11. The SMILES string of the molecule is CS(=O)(=O)N(CC(=O)Nc1cccc(Cl)c1)c1cccc([N+](=O)[O-])c1. The molecule has 2 rings (SSSR count). The monoisotopic (exact) mass is 383 g/mol. The van der Waals surface area contributed by atoms with Crippen molar-refractivity contribution in [1.29, 1.82) is 0 Å². The predicted octanol–water partition coefficient (Wildman–Crippen LogP) is 2.65. The summed E-state index contributed by atoms with van der Waals surface area (Å²) in [6, 6.07) is 11.4. The van der Waals surface area contributed by atoms with Crippen LogP contribution >= 0.6 is 11.6 Å². The molecule has 8 nitrogen and oxygen atoms in total. The highest BCUT2D eigenvalue weighted by atomic mass is 35.5. The maximum Gasteiger partial charge on any atom is 0.271 e. The van der Waals surface area contributed by atoms with Gasteiger partial charge in [-0.15, -0.1) is 0 Å². The Hall–Kier alpha value is -2.65. The van der Waals surface area contributed by atoms with E-state index >= 15 is 0 Å². The van der Waals surface area contributed by atoms with Gasteiger partial charge in [0.2, 0.25) is 15.9 Å². The molecule has 0 spiro atoms. The van der Waals surface area contributed by atoms with Crippen molar-refractivity contribution in [3.05, 3.63) is 63.7 Å². The molecule has 132 valence electrons. The van der Waals surface area contributed by atoms with Crippen molar-refractivity contribution in [2.24, 2.45) is 0 Å². The molecule has 0 fully saturated rings. The molecule has 0 aliphatic rings. The van der Waals surface area contributed by atoms with Gasteiger partial charge in [0.1, 0.15) is 6.54 Å². The molecule has 0 heterocycles. The number of sulfonamides is 1. The van der Waals surface area contributed by atoms with E-state index in [1.165, 1.54) is 24.3 Å². The summed E-state index contributed by atoms with van der Waals surface area (Å²) < 4.78 is 24.8. The van der Waals surface area contributed by atoms with Gasteiger partial charge in [-0.3, -0.25) is 19.2 Å². The molecular weight excluding hydrogens is 370 g/mol. The molecule has 1 N–H and O–H groups in total. The van der Waals surface area contributed by atoms with E-state index in [4.69, 9.17) is 11.6 Å². The second-order valence-corrected chi connectivity index (χ2v) is 7.45. The fraction of sp³-hybridized carbons (Fsp3) is 0.133. The molecular formula is C15H14ClN3O5S. The van der Waals surface area contributed by atoms with E-state index in [0.29, 0.717) is 10.7 Å². The standard InChI is InChI=1S/C15H14ClN3O5S/c1-25(23,24)18(13-6-3-7-14(9-13)19(21)22)10-15(20)17-12-5-2-4-11(16)8-12/h2-9H,10H2,1H3,(H,17,20). The zero-order chi connectivity index (χ0) is 18.6. The quantitative estimate of drug-likeness (QED) is 0.609. The van der Waals surface area contributed by atoms with Gasteiger partial charge in [-0.25, -0.2) is 8.42 Å². The number of nitrogens with one attached hydrogen (secondary N) is 1. The average Bonchev–Trinajstić information content (AvgIpc) is 2.51. The first-order valence-electron chi connectivity index (χ1n) is 6.94. The lowest BCUT2D eigenvalue weighted by molar-refractivity contribution is -0.384. The zero-order valence-electron chi connectivity index (χ0n) is 13.0. The van der Waals surface area contributed by atoms with E-state index in [1.54, 1.807) is 18.2 Å². The Morgan fingerprint density at radius 2 is 1.92 bits per heavy atom. The summed E-state index contributed by atoms with van der Waals surface area (Å²) in [7, 11) is -3.83. The van der Waals surface area contributed by atoms with Crippen molar-refractivity contribution in [3.63, 3.8) is 0 Å². The minimum absolute atomic E-state index is 0.0259. The van der Waals surface area contributed by atoms with Crippen molar-refractivity contribution >= 4 is 44.6 Å². The maximum absolute atomic E-state index is 12.2. The third-order valence-corrected chi connectivity index (χ3v) is 4.50. The summed E-state index contributed by atoms with van der Waals surface area (Å²) in [5, 5.41) is 13.8. The molecule has 0 saturated heterocycles. The number of carbonyl (C=O) groups excluding carboxylic acids is 1.